The summed E-state index contributed by atoms with van der Waals surface area (Å²) in [5, 5.41) is 0. The SMILES string of the molecule is CCN(C[C@H]1COc2ccccc2O1)C(=O)c1ccnc(N(C)C)c1. The van der Waals surface area contributed by atoms with Gasteiger partial charge in [0.15, 0.2) is 17.6 Å². The Hall–Kier alpha value is -2.76. The Morgan fingerprint density at radius 2 is 2.00 bits per heavy atom. The minimum Gasteiger partial charge on any atom is -0.486 e. The number of likely N-dealkylation sites (N-methyl/N-ethyl adjacent to an activating group) is 1. The van der Waals surface area contributed by atoms with E-state index < -0.39 is 0 Å². The summed E-state index contributed by atoms with van der Waals surface area (Å²) >= 11 is 0. The van der Waals surface area contributed by atoms with Crippen LogP contribution in [0.15, 0.2) is 42.6 Å². The van der Waals surface area contributed by atoms with Crippen LogP contribution in [0.5, 0.6) is 11.5 Å². The number of rotatable bonds is 5. The van der Waals surface area contributed by atoms with E-state index in [-0.39, 0.29) is 12.0 Å². The maximum absolute atomic E-state index is 12.9. The molecule has 0 saturated carbocycles. The summed E-state index contributed by atoms with van der Waals surface area (Å²) in [5.41, 5.74) is 0.623. The molecular weight excluding hydrogens is 318 g/mol. The molecule has 25 heavy (non-hydrogen) atoms. The van der Waals surface area contributed by atoms with Crippen LogP contribution in [0.3, 0.4) is 0 Å². The molecule has 0 fully saturated rings. The number of pyridine rings is 1. The highest BCUT2D eigenvalue weighted by Crippen LogP contribution is 2.31. The molecular formula is C19H23N3O3. The van der Waals surface area contributed by atoms with Crippen molar-refractivity contribution in [3.63, 3.8) is 0 Å². The van der Waals surface area contributed by atoms with E-state index >= 15 is 0 Å². The number of amides is 1. The van der Waals surface area contributed by atoms with Crippen LogP contribution in [0.2, 0.25) is 0 Å². The number of carbonyl (C=O) groups excluding carboxylic acids is 1. The summed E-state index contributed by atoms with van der Waals surface area (Å²) in [4.78, 5) is 20.8. The molecule has 0 bridgehead atoms. The van der Waals surface area contributed by atoms with Gasteiger partial charge < -0.3 is 19.3 Å². The fraction of sp³-hybridized carbons (Fsp3) is 0.368. The number of hydrogen-bond acceptors (Lipinski definition) is 5. The summed E-state index contributed by atoms with van der Waals surface area (Å²) in [6.45, 7) is 3.47. The van der Waals surface area contributed by atoms with Crippen LogP contribution in [0, 0.1) is 0 Å². The van der Waals surface area contributed by atoms with Crippen LogP contribution in [-0.4, -0.2) is 55.7 Å². The van der Waals surface area contributed by atoms with Crippen LogP contribution in [-0.2, 0) is 0 Å². The Morgan fingerprint density at radius 3 is 2.72 bits per heavy atom. The zero-order chi connectivity index (χ0) is 17.8. The Bertz CT molecular complexity index is 748. The Morgan fingerprint density at radius 1 is 1.24 bits per heavy atom. The monoisotopic (exact) mass is 341 g/mol. The van der Waals surface area contributed by atoms with Gasteiger partial charge in [0, 0.05) is 32.4 Å². The van der Waals surface area contributed by atoms with Gasteiger partial charge in [0.05, 0.1) is 6.54 Å². The van der Waals surface area contributed by atoms with Crippen LogP contribution < -0.4 is 14.4 Å². The molecule has 2 aromatic rings. The molecule has 1 aromatic heterocycles. The summed E-state index contributed by atoms with van der Waals surface area (Å²) in [6, 6.07) is 11.1. The van der Waals surface area contributed by atoms with Crippen molar-refractivity contribution < 1.29 is 14.3 Å². The van der Waals surface area contributed by atoms with E-state index in [2.05, 4.69) is 4.98 Å². The molecule has 1 amide bonds. The lowest BCUT2D eigenvalue weighted by Gasteiger charge is -2.31. The van der Waals surface area contributed by atoms with Gasteiger partial charge in [0.1, 0.15) is 12.4 Å². The first-order valence-electron chi connectivity index (χ1n) is 8.39. The second kappa shape index (κ2) is 7.42. The number of ether oxygens (including phenoxy) is 2. The fourth-order valence-electron chi connectivity index (χ4n) is 2.73. The molecule has 1 aliphatic heterocycles. The number of benzene rings is 1. The molecule has 132 valence electrons. The molecule has 0 aliphatic carbocycles. The average Bonchev–Trinajstić information content (AvgIpc) is 2.65. The van der Waals surface area contributed by atoms with Gasteiger partial charge in [-0.2, -0.15) is 0 Å². The van der Waals surface area contributed by atoms with Crippen molar-refractivity contribution in [2.45, 2.75) is 13.0 Å². The smallest absolute Gasteiger partial charge is 0.254 e. The first kappa shape index (κ1) is 17.1. The summed E-state index contributed by atoms with van der Waals surface area (Å²) in [7, 11) is 3.80. The Labute approximate surface area is 148 Å². The molecule has 3 rings (SSSR count). The van der Waals surface area contributed by atoms with E-state index in [1.54, 1.807) is 23.2 Å². The van der Waals surface area contributed by atoms with Gasteiger partial charge in [0.2, 0.25) is 0 Å². The van der Waals surface area contributed by atoms with Crippen molar-refractivity contribution in [2.75, 3.05) is 38.7 Å². The third kappa shape index (κ3) is 3.84. The summed E-state index contributed by atoms with van der Waals surface area (Å²) in [5.74, 6) is 2.20. The van der Waals surface area contributed by atoms with Gasteiger partial charge in [-0.1, -0.05) is 12.1 Å². The topological polar surface area (TPSA) is 54.9 Å². The maximum Gasteiger partial charge on any atom is 0.254 e. The van der Waals surface area contributed by atoms with Crippen molar-refractivity contribution >= 4 is 11.7 Å². The van der Waals surface area contributed by atoms with Gasteiger partial charge in [-0.05, 0) is 31.2 Å². The van der Waals surface area contributed by atoms with E-state index in [1.165, 1.54) is 0 Å². The van der Waals surface area contributed by atoms with Gasteiger partial charge in [-0.15, -0.1) is 0 Å². The quantitative estimate of drug-likeness (QED) is 0.836. The molecule has 2 heterocycles. The number of fused-ring (bicyclic) bond motifs is 1. The maximum atomic E-state index is 12.9. The van der Waals surface area contributed by atoms with Crippen LogP contribution in [0.4, 0.5) is 5.82 Å². The van der Waals surface area contributed by atoms with Gasteiger partial charge >= 0.3 is 0 Å². The Kier molecular flexibility index (Phi) is 5.07. The van der Waals surface area contributed by atoms with Gasteiger partial charge in [-0.3, -0.25) is 4.79 Å². The predicted molar refractivity (Wildman–Crippen MR) is 96.5 cm³/mol. The molecule has 6 heteroatoms. The lowest BCUT2D eigenvalue weighted by molar-refractivity contribution is 0.0475. The fourth-order valence-corrected chi connectivity index (χ4v) is 2.73. The second-order valence-corrected chi connectivity index (χ2v) is 6.14. The van der Waals surface area contributed by atoms with E-state index in [1.807, 2.05) is 50.2 Å². The minimum absolute atomic E-state index is 0.0320. The lowest BCUT2D eigenvalue weighted by Crippen LogP contribution is -2.43. The number of carbonyl (C=O) groups is 1. The molecule has 0 unspecified atom stereocenters. The third-order valence-electron chi connectivity index (χ3n) is 4.11. The number of nitrogens with zero attached hydrogens (tertiary/aromatic N) is 3. The zero-order valence-electron chi connectivity index (χ0n) is 14.8. The highest BCUT2D eigenvalue weighted by atomic mass is 16.6. The van der Waals surface area contributed by atoms with E-state index in [9.17, 15) is 4.79 Å². The van der Waals surface area contributed by atoms with E-state index in [0.29, 0.717) is 25.3 Å². The van der Waals surface area contributed by atoms with Gasteiger partial charge in [-0.25, -0.2) is 4.98 Å². The molecule has 0 radical (unpaired) electrons. The number of hydrogen-bond donors (Lipinski definition) is 0. The highest BCUT2D eigenvalue weighted by molar-refractivity contribution is 5.94. The standard InChI is InChI=1S/C19H23N3O3/c1-4-22(19(23)14-9-10-20-18(11-14)21(2)3)12-15-13-24-16-7-5-6-8-17(16)25-15/h5-11,15H,4,12-13H2,1-3H3/t15-/m0/s1. The number of para-hydroxylation sites is 2. The molecule has 0 saturated heterocycles. The minimum atomic E-state index is -0.186. The van der Waals surface area contributed by atoms with Crippen molar-refractivity contribution in [1.29, 1.82) is 0 Å². The van der Waals surface area contributed by atoms with E-state index in [4.69, 9.17) is 9.47 Å². The van der Waals surface area contributed by atoms with Crippen molar-refractivity contribution in [2.24, 2.45) is 0 Å². The van der Waals surface area contributed by atoms with Crippen LogP contribution in [0.1, 0.15) is 17.3 Å². The first-order valence-corrected chi connectivity index (χ1v) is 8.39. The first-order chi connectivity index (χ1) is 12.1. The second-order valence-electron chi connectivity index (χ2n) is 6.14. The lowest BCUT2D eigenvalue weighted by atomic mass is 10.2. The summed E-state index contributed by atoms with van der Waals surface area (Å²) < 4.78 is 11.7. The van der Waals surface area contributed by atoms with Crippen LogP contribution >= 0.6 is 0 Å². The number of aromatic nitrogens is 1. The Balaban J connectivity index is 1.70. The predicted octanol–water partition coefficient (Wildman–Crippen LogP) is 2.45. The van der Waals surface area contributed by atoms with Crippen molar-refractivity contribution in [3.05, 3.63) is 48.2 Å². The van der Waals surface area contributed by atoms with Crippen LogP contribution in [0.25, 0.3) is 0 Å². The van der Waals surface area contributed by atoms with Gasteiger partial charge in [0.25, 0.3) is 5.91 Å². The van der Waals surface area contributed by atoms with E-state index in [0.717, 1.165) is 17.3 Å². The molecule has 0 N–H and O–H groups in total. The summed E-state index contributed by atoms with van der Waals surface area (Å²) in [6.07, 6.45) is 1.47. The third-order valence-corrected chi connectivity index (χ3v) is 4.11. The normalized spacial score (nSPS) is 15.6. The molecule has 0 spiro atoms. The number of anilines is 1. The zero-order valence-corrected chi connectivity index (χ0v) is 14.8. The van der Waals surface area contributed by atoms with Crippen molar-refractivity contribution in [3.8, 4) is 11.5 Å². The molecule has 1 aromatic carbocycles. The van der Waals surface area contributed by atoms with Crippen molar-refractivity contribution in [1.82, 2.24) is 9.88 Å². The largest absolute Gasteiger partial charge is 0.486 e. The molecule has 1 aliphatic rings. The molecule has 6 nitrogen and oxygen atoms in total. The average molecular weight is 341 g/mol. The highest BCUT2D eigenvalue weighted by Gasteiger charge is 2.25. The molecule has 1 atom stereocenters.